The van der Waals surface area contributed by atoms with Crippen molar-refractivity contribution in [3.8, 4) is 11.5 Å². The lowest BCUT2D eigenvalue weighted by molar-refractivity contribution is -0.136. The number of ether oxygens (including phenoxy) is 2. The Morgan fingerprint density at radius 3 is 2.21 bits per heavy atom. The lowest BCUT2D eigenvalue weighted by atomic mass is 10.1. The molecule has 0 unspecified atom stereocenters. The van der Waals surface area contributed by atoms with E-state index in [9.17, 15) is 14.4 Å². The molecule has 0 saturated heterocycles. The largest absolute Gasteiger partial charge is 0.497 e. The molecule has 0 radical (unpaired) electrons. The molecule has 2 N–H and O–H groups in total. The first-order chi connectivity index (χ1) is 15.9. The maximum absolute atomic E-state index is 12.5. The molecule has 0 aliphatic rings. The van der Waals surface area contributed by atoms with Gasteiger partial charge in [-0.2, -0.15) is 5.10 Å². The van der Waals surface area contributed by atoms with Crippen molar-refractivity contribution >= 4 is 45.1 Å². The van der Waals surface area contributed by atoms with E-state index in [1.165, 1.54) is 7.11 Å². The van der Waals surface area contributed by atoms with Crippen molar-refractivity contribution in [3.63, 3.8) is 0 Å². The fraction of sp³-hybridized carbons (Fsp3) is 0.0833. The predicted octanol–water partition coefficient (Wildman–Crippen LogP) is 4.16. The number of halogens is 1. The summed E-state index contributed by atoms with van der Waals surface area (Å²) in [6.07, 6.45) is 0. The number of nitrogens with zero attached hydrogens (tertiary/aromatic N) is 1. The van der Waals surface area contributed by atoms with E-state index in [4.69, 9.17) is 9.47 Å². The van der Waals surface area contributed by atoms with Crippen molar-refractivity contribution < 1.29 is 23.9 Å². The Morgan fingerprint density at radius 2 is 1.55 bits per heavy atom. The van der Waals surface area contributed by atoms with Gasteiger partial charge < -0.3 is 14.8 Å². The van der Waals surface area contributed by atoms with Crippen LogP contribution in [0.4, 0.5) is 5.69 Å². The molecule has 0 aromatic heterocycles. The molecule has 3 aromatic carbocycles. The monoisotopic (exact) mass is 509 g/mol. The third-order valence-corrected chi connectivity index (χ3v) is 4.97. The van der Waals surface area contributed by atoms with Crippen LogP contribution in [-0.4, -0.2) is 30.6 Å². The number of methoxy groups -OCH3 is 1. The molecule has 0 aliphatic heterocycles. The third-order valence-electron chi connectivity index (χ3n) is 4.44. The minimum absolute atomic E-state index is 0.258. The number of hydrazone groups is 1. The SMILES string of the molecule is COc1ccc(C(=O)Oc2ccccc2/C(C)=N/NC(=O)C(=O)Nc2ccc(Br)cc2)cc1. The number of amides is 2. The van der Waals surface area contributed by atoms with Crippen LogP contribution in [0.2, 0.25) is 0 Å². The normalized spacial score (nSPS) is 10.8. The fourth-order valence-electron chi connectivity index (χ4n) is 2.71. The highest BCUT2D eigenvalue weighted by Crippen LogP contribution is 2.21. The van der Waals surface area contributed by atoms with Crippen LogP contribution in [-0.2, 0) is 9.59 Å². The van der Waals surface area contributed by atoms with Crippen LogP contribution >= 0.6 is 15.9 Å². The van der Waals surface area contributed by atoms with Crippen LogP contribution in [0, 0.1) is 0 Å². The smallest absolute Gasteiger partial charge is 0.343 e. The van der Waals surface area contributed by atoms with E-state index >= 15 is 0 Å². The van der Waals surface area contributed by atoms with Gasteiger partial charge in [-0.25, -0.2) is 10.2 Å². The van der Waals surface area contributed by atoms with Crippen LogP contribution in [0.25, 0.3) is 0 Å². The standard InChI is InChI=1S/C24H20BrN3O5/c1-15(27-28-23(30)22(29)26-18-11-9-17(25)10-12-18)20-5-3-4-6-21(20)33-24(31)16-7-13-19(32-2)14-8-16/h3-14H,1-2H3,(H,26,29)(H,28,30)/b27-15+. The summed E-state index contributed by atoms with van der Waals surface area (Å²) in [5, 5.41) is 6.45. The number of rotatable bonds is 6. The Balaban J connectivity index is 1.67. The van der Waals surface area contributed by atoms with Gasteiger partial charge in [0.05, 0.1) is 18.4 Å². The summed E-state index contributed by atoms with van der Waals surface area (Å²) in [6.45, 7) is 1.62. The minimum Gasteiger partial charge on any atom is -0.497 e. The van der Waals surface area contributed by atoms with Gasteiger partial charge in [-0.05, 0) is 67.6 Å². The molecule has 0 aliphatic carbocycles. The Kier molecular flexibility index (Phi) is 7.93. The Hall–Kier alpha value is -3.98. The van der Waals surface area contributed by atoms with Gasteiger partial charge >= 0.3 is 17.8 Å². The molecule has 9 heteroatoms. The summed E-state index contributed by atoms with van der Waals surface area (Å²) in [6, 6.07) is 20.0. The van der Waals surface area contributed by atoms with Gasteiger partial charge in [-0.15, -0.1) is 0 Å². The molecule has 2 amide bonds. The number of nitrogens with one attached hydrogen (secondary N) is 2. The molecule has 33 heavy (non-hydrogen) atoms. The topological polar surface area (TPSA) is 106 Å². The maximum atomic E-state index is 12.5. The Bertz CT molecular complexity index is 1190. The number of carbonyl (C=O) groups is 3. The number of esters is 1. The predicted molar refractivity (Wildman–Crippen MR) is 128 cm³/mol. The minimum atomic E-state index is -0.940. The zero-order valence-electron chi connectivity index (χ0n) is 17.8. The quantitative estimate of drug-likeness (QED) is 0.170. The lowest BCUT2D eigenvalue weighted by Crippen LogP contribution is -2.33. The van der Waals surface area contributed by atoms with Crippen molar-refractivity contribution in [2.75, 3.05) is 12.4 Å². The zero-order chi connectivity index (χ0) is 23.8. The van der Waals surface area contributed by atoms with Crippen molar-refractivity contribution in [2.24, 2.45) is 5.10 Å². The van der Waals surface area contributed by atoms with Crippen LogP contribution in [0.15, 0.2) is 82.4 Å². The van der Waals surface area contributed by atoms with E-state index in [0.29, 0.717) is 28.3 Å². The van der Waals surface area contributed by atoms with Gasteiger partial charge in [0.15, 0.2) is 0 Å². The average molecular weight is 510 g/mol. The average Bonchev–Trinajstić information content (AvgIpc) is 2.84. The van der Waals surface area contributed by atoms with Gasteiger partial charge in [0.1, 0.15) is 11.5 Å². The zero-order valence-corrected chi connectivity index (χ0v) is 19.4. The number of anilines is 1. The van der Waals surface area contributed by atoms with E-state index in [-0.39, 0.29) is 5.75 Å². The summed E-state index contributed by atoms with van der Waals surface area (Å²) in [5.41, 5.74) is 3.85. The van der Waals surface area contributed by atoms with Crippen LogP contribution in [0.5, 0.6) is 11.5 Å². The van der Waals surface area contributed by atoms with Gasteiger partial charge in [0.2, 0.25) is 0 Å². The number of carbonyl (C=O) groups excluding carboxylic acids is 3. The van der Waals surface area contributed by atoms with E-state index in [0.717, 1.165) is 4.47 Å². The first-order valence-corrected chi connectivity index (χ1v) is 10.5. The molecule has 0 saturated carbocycles. The second kappa shape index (κ2) is 11.1. The molecule has 0 atom stereocenters. The van der Waals surface area contributed by atoms with Crippen LogP contribution in [0.1, 0.15) is 22.8 Å². The molecule has 168 valence electrons. The highest BCUT2D eigenvalue weighted by molar-refractivity contribution is 9.10. The molecule has 3 rings (SSSR count). The molecule has 0 fully saturated rings. The summed E-state index contributed by atoms with van der Waals surface area (Å²) < 4.78 is 11.4. The highest BCUT2D eigenvalue weighted by atomic mass is 79.9. The second-order valence-corrected chi connectivity index (χ2v) is 7.63. The molecular formula is C24H20BrN3O5. The second-order valence-electron chi connectivity index (χ2n) is 6.71. The molecular weight excluding hydrogens is 490 g/mol. The van der Waals surface area contributed by atoms with Gasteiger partial charge in [0, 0.05) is 15.7 Å². The summed E-state index contributed by atoms with van der Waals surface area (Å²) >= 11 is 3.30. The van der Waals surface area contributed by atoms with E-state index in [1.807, 2.05) is 0 Å². The Labute approximate surface area is 198 Å². The van der Waals surface area contributed by atoms with Crippen LogP contribution < -0.4 is 20.2 Å². The molecule has 0 spiro atoms. The van der Waals surface area contributed by atoms with Crippen molar-refractivity contribution in [1.29, 1.82) is 0 Å². The first-order valence-electron chi connectivity index (χ1n) is 9.74. The van der Waals surface area contributed by atoms with Gasteiger partial charge in [-0.3, -0.25) is 9.59 Å². The summed E-state index contributed by atoms with van der Waals surface area (Å²) in [4.78, 5) is 36.7. The van der Waals surface area contributed by atoms with Gasteiger partial charge in [-0.1, -0.05) is 28.1 Å². The number of para-hydroxylation sites is 1. The maximum Gasteiger partial charge on any atom is 0.343 e. The molecule has 8 nitrogen and oxygen atoms in total. The molecule has 0 bridgehead atoms. The third kappa shape index (κ3) is 6.50. The van der Waals surface area contributed by atoms with E-state index in [2.05, 4.69) is 31.8 Å². The lowest BCUT2D eigenvalue weighted by Gasteiger charge is -2.10. The number of hydrogen-bond acceptors (Lipinski definition) is 6. The molecule has 0 heterocycles. The summed E-state index contributed by atoms with van der Waals surface area (Å²) in [7, 11) is 1.54. The van der Waals surface area contributed by atoms with E-state index in [1.54, 1.807) is 79.7 Å². The number of benzene rings is 3. The van der Waals surface area contributed by atoms with Crippen molar-refractivity contribution in [3.05, 3.63) is 88.4 Å². The Morgan fingerprint density at radius 1 is 0.879 bits per heavy atom. The van der Waals surface area contributed by atoms with Crippen LogP contribution in [0.3, 0.4) is 0 Å². The number of hydrogen-bond donors (Lipinski definition) is 2. The first kappa shape index (κ1) is 23.7. The highest BCUT2D eigenvalue weighted by Gasteiger charge is 2.16. The summed E-state index contributed by atoms with van der Waals surface area (Å²) in [5.74, 6) is -1.49. The van der Waals surface area contributed by atoms with Gasteiger partial charge in [0.25, 0.3) is 0 Å². The fourth-order valence-corrected chi connectivity index (χ4v) is 2.97. The molecule has 3 aromatic rings. The van der Waals surface area contributed by atoms with Crippen molar-refractivity contribution in [1.82, 2.24) is 5.43 Å². The van der Waals surface area contributed by atoms with Crippen molar-refractivity contribution in [2.45, 2.75) is 6.92 Å². The van der Waals surface area contributed by atoms with E-state index < -0.39 is 17.8 Å².